The van der Waals surface area contributed by atoms with Crippen molar-refractivity contribution in [1.29, 1.82) is 0 Å². The molecule has 6 nitrogen and oxygen atoms in total. The quantitative estimate of drug-likeness (QED) is 0.365. The summed E-state index contributed by atoms with van der Waals surface area (Å²) in [5.41, 5.74) is 0.437. The molecule has 0 saturated carbocycles. The van der Waals surface area contributed by atoms with Crippen LogP contribution in [-0.2, 0) is 0 Å². The monoisotopic (exact) mass is 287 g/mol. The van der Waals surface area contributed by atoms with Crippen molar-refractivity contribution in [3.05, 3.63) is 41.5 Å². The first-order valence-corrected chi connectivity index (χ1v) is 6.11. The van der Waals surface area contributed by atoms with Crippen LogP contribution in [0.4, 0.5) is 0 Å². The molecule has 1 aliphatic rings. The Morgan fingerprint density at radius 2 is 1.67 bits per heavy atom. The van der Waals surface area contributed by atoms with Gasteiger partial charge in [-0.15, -0.1) is 0 Å². The lowest BCUT2D eigenvalue weighted by molar-refractivity contribution is -0.170. The number of aromatic hydroxyl groups is 4. The molecule has 2 aromatic rings. The third kappa shape index (κ3) is 2.16. The van der Waals surface area contributed by atoms with Crippen molar-refractivity contribution in [1.82, 2.24) is 0 Å². The van der Waals surface area contributed by atoms with E-state index >= 15 is 0 Å². The number of hydrogen-bond donors (Lipinski definition) is 4. The molecule has 3 rings (SSSR count). The van der Waals surface area contributed by atoms with Gasteiger partial charge in [-0.3, -0.25) is 4.79 Å². The van der Waals surface area contributed by atoms with Crippen molar-refractivity contribution in [3.8, 4) is 28.7 Å². The molecule has 0 fully saturated rings. The molecule has 21 heavy (non-hydrogen) atoms. The molecular formula is C15H11O6+. The number of rotatable bonds is 1. The summed E-state index contributed by atoms with van der Waals surface area (Å²) in [7, 11) is 0. The maximum absolute atomic E-state index is 12.1. The second-order valence-electron chi connectivity index (χ2n) is 4.67. The first-order valence-electron chi connectivity index (χ1n) is 6.11. The van der Waals surface area contributed by atoms with Crippen LogP contribution in [0.25, 0.3) is 0 Å². The first kappa shape index (κ1) is 13.0. The molecular weight excluding hydrogens is 276 g/mol. The third-order valence-corrected chi connectivity index (χ3v) is 3.20. The zero-order chi connectivity index (χ0) is 15.1. The highest BCUT2D eigenvalue weighted by Gasteiger charge is 2.35. The fraction of sp³-hybridized carbons (Fsp3) is 0.0667. The minimum atomic E-state index is -0.365. The first-order chi connectivity index (χ1) is 9.95. The van der Waals surface area contributed by atoms with Crippen molar-refractivity contribution >= 4 is 11.6 Å². The third-order valence-electron chi connectivity index (χ3n) is 3.20. The van der Waals surface area contributed by atoms with Crippen LogP contribution in [-0.4, -0.2) is 32.0 Å². The van der Waals surface area contributed by atoms with Crippen LogP contribution in [0.15, 0.2) is 30.3 Å². The van der Waals surface area contributed by atoms with Gasteiger partial charge < -0.3 is 20.4 Å². The van der Waals surface area contributed by atoms with Gasteiger partial charge in [-0.05, 0) is 12.1 Å². The van der Waals surface area contributed by atoms with E-state index in [0.717, 1.165) is 6.07 Å². The SMILES string of the molecule is O=C1CC(c2ccc(O)c(O)c2)=[O+]c2cc(O)cc(O)c21. The number of benzene rings is 2. The maximum atomic E-state index is 12.1. The zero-order valence-corrected chi connectivity index (χ0v) is 10.7. The second kappa shape index (κ2) is 4.52. The van der Waals surface area contributed by atoms with E-state index in [0.29, 0.717) is 5.56 Å². The van der Waals surface area contributed by atoms with E-state index in [1.165, 1.54) is 24.3 Å². The van der Waals surface area contributed by atoms with Crippen molar-refractivity contribution in [3.63, 3.8) is 0 Å². The summed E-state index contributed by atoms with van der Waals surface area (Å²) in [6.07, 6.45) is -0.102. The molecule has 1 aliphatic heterocycles. The van der Waals surface area contributed by atoms with E-state index in [-0.39, 0.29) is 52.3 Å². The van der Waals surface area contributed by atoms with Gasteiger partial charge in [0.25, 0.3) is 0 Å². The molecule has 0 spiro atoms. The van der Waals surface area contributed by atoms with Crippen LogP contribution < -0.4 is 0 Å². The van der Waals surface area contributed by atoms with Gasteiger partial charge in [0.05, 0.1) is 11.6 Å². The van der Waals surface area contributed by atoms with Crippen LogP contribution in [0.2, 0.25) is 0 Å². The lowest BCUT2D eigenvalue weighted by Gasteiger charge is -2.07. The number of fused-ring (bicyclic) bond motifs is 1. The summed E-state index contributed by atoms with van der Waals surface area (Å²) in [5.74, 6) is -1.25. The van der Waals surface area contributed by atoms with Crippen LogP contribution in [0, 0.1) is 0 Å². The summed E-state index contributed by atoms with van der Waals surface area (Å²) >= 11 is 0. The number of hydrogen-bond acceptors (Lipinski definition) is 5. The Morgan fingerprint density at radius 1 is 0.905 bits per heavy atom. The number of carbonyl (C=O) groups excluding carboxylic acids is 2. The maximum Gasteiger partial charge on any atom is 0.371 e. The number of phenols is 4. The molecule has 4 N–H and O–H groups in total. The summed E-state index contributed by atoms with van der Waals surface area (Å²) < 4.78 is 5.53. The van der Waals surface area contributed by atoms with E-state index in [1.54, 1.807) is 0 Å². The van der Waals surface area contributed by atoms with Crippen molar-refractivity contribution < 1.29 is 29.6 Å². The van der Waals surface area contributed by atoms with E-state index in [2.05, 4.69) is 0 Å². The van der Waals surface area contributed by atoms with Gasteiger partial charge in [0.2, 0.25) is 0 Å². The Balaban J connectivity index is 2.15. The van der Waals surface area contributed by atoms with Crippen molar-refractivity contribution in [2.75, 3.05) is 0 Å². The summed E-state index contributed by atoms with van der Waals surface area (Å²) in [4.78, 5) is 12.1. The van der Waals surface area contributed by atoms with Gasteiger partial charge in [0.15, 0.2) is 22.8 Å². The molecule has 0 amide bonds. The molecule has 1 heterocycles. The Labute approximate surface area is 118 Å². The van der Waals surface area contributed by atoms with E-state index < -0.39 is 0 Å². The lowest BCUT2D eigenvalue weighted by Crippen LogP contribution is -2.14. The standard InChI is InChI=1S/C15H10O6/c16-8-4-11(19)15-12(20)6-13(21-14(15)5-8)7-1-2-9(17)10(18)3-7/h1-5H,6H2,(H3-,16,17,18,19,20)/p+1. The predicted molar refractivity (Wildman–Crippen MR) is 72.3 cm³/mol. The lowest BCUT2D eigenvalue weighted by atomic mass is 9.97. The van der Waals surface area contributed by atoms with E-state index in [9.17, 15) is 25.2 Å². The van der Waals surface area contributed by atoms with Crippen LogP contribution >= 0.6 is 0 Å². The minimum Gasteiger partial charge on any atom is -0.507 e. The predicted octanol–water partition coefficient (Wildman–Crippen LogP) is 2.23. The van der Waals surface area contributed by atoms with Crippen LogP contribution in [0.3, 0.4) is 0 Å². The van der Waals surface area contributed by atoms with Gasteiger partial charge in [0.1, 0.15) is 17.9 Å². The molecule has 0 unspecified atom stereocenters. The highest BCUT2D eigenvalue weighted by Crippen LogP contribution is 2.39. The average molecular weight is 287 g/mol. The Kier molecular flexibility index (Phi) is 2.79. The van der Waals surface area contributed by atoms with Gasteiger partial charge in [-0.2, -0.15) is 0 Å². The molecule has 0 aliphatic carbocycles. The molecule has 106 valence electrons. The zero-order valence-electron chi connectivity index (χ0n) is 10.7. The Bertz CT molecular complexity index is 791. The minimum absolute atomic E-state index is 0.0135. The number of phenolic OH excluding ortho intramolecular Hbond substituents is 4. The number of carbonyl (C=O) groups is 1. The fourth-order valence-corrected chi connectivity index (χ4v) is 2.21. The molecule has 0 saturated heterocycles. The normalized spacial score (nSPS) is 13.7. The van der Waals surface area contributed by atoms with Crippen LogP contribution in [0.5, 0.6) is 28.7 Å². The van der Waals surface area contributed by atoms with Crippen molar-refractivity contribution in [2.45, 2.75) is 6.42 Å². The molecule has 0 radical (unpaired) electrons. The average Bonchev–Trinajstić information content (AvgIpc) is 2.40. The smallest absolute Gasteiger partial charge is 0.371 e. The highest BCUT2D eigenvalue weighted by molar-refractivity contribution is 6.17. The van der Waals surface area contributed by atoms with Gasteiger partial charge >= 0.3 is 11.5 Å². The van der Waals surface area contributed by atoms with Crippen molar-refractivity contribution in [2.24, 2.45) is 0 Å². The van der Waals surface area contributed by atoms with Gasteiger partial charge in [-0.25, -0.2) is 4.42 Å². The largest absolute Gasteiger partial charge is 0.507 e. The Morgan fingerprint density at radius 3 is 2.38 bits per heavy atom. The Hall–Kier alpha value is -3.02. The van der Waals surface area contributed by atoms with Crippen LogP contribution in [0.1, 0.15) is 26.8 Å². The summed E-state index contributed by atoms with van der Waals surface area (Å²) in [6, 6.07) is 6.34. The topological polar surface area (TPSA) is 109 Å². The van der Waals surface area contributed by atoms with Gasteiger partial charge in [0, 0.05) is 12.1 Å². The molecule has 0 aromatic heterocycles. The second-order valence-corrected chi connectivity index (χ2v) is 4.67. The van der Waals surface area contributed by atoms with E-state index in [1.807, 2.05) is 0 Å². The molecule has 0 bridgehead atoms. The molecule has 0 atom stereocenters. The number of ketones is 2. The molecule has 2 aromatic carbocycles. The highest BCUT2D eigenvalue weighted by atomic mass is 16.4. The molecule has 6 heteroatoms. The summed E-state index contributed by atoms with van der Waals surface area (Å²) in [6.45, 7) is 0. The fourth-order valence-electron chi connectivity index (χ4n) is 2.21. The van der Waals surface area contributed by atoms with Gasteiger partial charge in [-0.1, -0.05) is 0 Å². The van der Waals surface area contributed by atoms with E-state index in [4.69, 9.17) is 4.42 Å². The summed E-state index contributed by atoms with van der Waals surface area (Å²) in [5, 5.41) is 37.9. The number of Topliss-reactive ketones (excluding diaryl/α,β-unsaturated/α-hetero) is 1.